The molecule has 0 unspecified atom stereocenters. The summed E-state index contributed by atoms with van der Waals surface area (Å²) in [7, 11) is 1.55. The molecule has 0 saturated carbocycles. The second-order valence-corrected chi connectivity index (χ2v) is 3.57. The molecule has 0 aliphatic heterocycles. The monoisotopic (exact) mass is 251 g/mol. The Balaban J connectivity index is 2.10. The Morgan fingerprint density at radius 1 is 1.56 bits per heavy atom. The van der Waals surface area contributed by atoms with Crippen molar-refractivity contribution in [2.24, 2.45) is 0 Å². The molecule has 8 nitrogen and oxygen atoms in total. The summed E-state index contributed by atoms with van der Waals surface area (Å²) in [6, 6.07) is 1.62. The predicted octanol–water partition coefficient (Wildman–Crippen LogP) is -1.35. The molecule has 0 atom stereocenters. The molecule has 2 heterocycles. The summed E-state index contributed by atoms with van der Waals surface area (Å²) in [6.45, 7) is 0.689. The van der Waals surface area contributed by atoms with E-state index in [4.69, 9.17) is 4.74 Å². The van der Waals surface area contributed by atoms with Crippen LogP contribution in [0.2, 0.25) is 0 Å². The van der Waals surface area contributed by atoms with Gasteiger partial charge in [-0.2, -0.15) is 0 Å². The van der Waals surface area contributed by atoms with E-state index in [0.29, 0.717) is 13.2 Å². The summed E-state index contributed by atoms with van der Waals surface area (Å²) in [5, 5.41) is 6.55. The predicted molar refractivity (Wildman–Crippen MR) is 62.1 cm³/mol. The van der Waals surface area contributed by atoms with Crippen molar-refractivity contribution in [3.63, 3.8) is 0 Å². The number of fused-ring (bicyclic) bond motifs is 1. The number of aromatic nitrogens is 4. The van der Waals surface area contributed by atoms with E-state index in [0.717, 1.165) is 4.68 Å². The van der Waals surface area contributed by atoms with Gasteiger partial charge in [-0.3, -0.25) is 4.79 Å². The van der Waals surface area contributed by atoms with Crippen LogP contribution >= 0.6 is 0 Å². The Morgan fingerprint density at radius 3 is 3.11 bits per heavy atom. The second-order valence-electron chi connectivity index (χ2n) is 3.57. The van der Waals surface area contributed by atoms with Crippen LogP contribution in [0, 0.1) is 0 Å². The average molecular weight is 251 g/mol. The van der Waals surface area contributed by atoms with E-state index >= 15 is 0 Å². The van der Waals surface area contributed by atoms with Crippen molar-refractivity contribution in [1.29, 1.82) is 0 Å². The van der Waals surface area contributed by atoms with Gasteiger partial charge in [0.15, 0.2) is 0 Å². The zero-order valence-electron chi connectivity index (χ0n) is 9.87. The Hall–Kier alpha value is -2.22. The first-order chi connectivity index (χ1) is 8.72. The molecule has 96 valence electrons. The number of hydrogen-bond acceptors (Lipinski definition) is 5. The largest absolute Gasteiger partial charge is 0.383 e. The quantitative estimate of drug-likeness (QED) is 0.664. The van der Waals surface area contributed by atoms with Gasteiger partial charge < -0.3 is 10.1 Å². The maximum Gasteiger partial charge on any atom is 0.352 e. The Morgan fingerprint density at radius 2 is 2.39 bits per heavy atom. The van der Waals surface area contributed by atoms with Gasteiger partial charge in [-0.15, -0.1) is 5.10 Å². The molecule has 1 amide bonds. The van der Waals surface area contributed by atoms with Crippen LogP contribution in [0.25, 0.3) is 5.78 Å². The molecule has 18 heavy (non-hydrogen) atoms. The fraction of sp³-hybridized carbons (Fsp3) is 0.400. The minimum absolute atomic E-state index is 0.133. The van der Waals surface area contributed by atoms with E-state index in [9.17, 15) is 9.59 Å². The topological polar surface area (TPSA) is 90.5 Å². The fourth-order valence-electron chi connectivity index (χ4n) is 1.45. The summed E-state index contributed by atoms with van der Waals surface area (Å²) in [5.41, 5.74) is -0.389. The number of amides is 1. The Kier molecular flexibility index (Phi) is 3.68. The maximum absolute atomic E-state index is 11.8. The SMILES string of the molecule is COCCNC(=O)Cn1nc2ncccn2c1=O. The summed E-state index contributed by atoms with van der Waals surface area (Å²) < 4.78 is 7.16. The number of hydrogen-bond donors (Lipinski definition) is 1. The summed E-state index contributed by atoms with van der Waals surface area (Å²) in [5.74, 6) is -0.0234. The van der Waals surface area contributed by atoms with Crippen molar-refractivity contribution in [3.05, 3.63) is 28.9 Å². The first-order valence-electron chi connectivity index (χ1n) is 5.38. The minimum atomic E-state index is -0.389. The normalized spacial score (nSPS) is 10.7. The molecule has 0 aliphatic rings. The van der Waals surface area contributed by atoms with Crippen molar-refractivity contribution in [2.45, 2.75) is 6.54 Å². The van der Waals surface area contributed by atoms with Gasteiger partial charge in [-0.25, -0.2) is 18.9 Å². The van der Waals surface area contributed by atoms with Crippen LogP contribution in [-0.4, -0.2) is 45.3 Å². The van der Waals surface area contributed by atoms with E-state index in [2.05, 4.69) is 15.4 Å². The third-order valence-electron chi connectivity index (χ3n) is 2.29. The lowest BCUT2D eigenvalue weighted by atomic mass is 10.5. The summed E-state index contributed by atoms with van der Waals surface area (Å²) in [4.78, 5) is 27.3. The molecule has 0 aliphatic carbocycles. The van der Waals surface area contributed by atoms with Crippen LogP contribution in [-0.2, 0) is 16.1 Å². The fourth-order valence-corrected chi connectivity index (χ4v) is 1.45. The van der Waals surface area contributed by atoms with E-state index in [1.54, 1.807) is 19.4 Å². The number of ether oxygens (including phenoxy) is 1. The molecule has 1 N–H and O–H groups in total. The van der Waals surface area contributed by atoms with Crippen LogP contribution < -0.4 is 11.0 Å². The van der Waals surface area contributed by atoms with E-state index < -0.39 is 0 Å². The number of rotatable bonds is 5. The lowest BCUT2D eigenvalue weighted by Gasteiger charge is -2.02. The highest BCUT2D eigenvalue weighted by Crippen LogP contribution is 1.89. The van der Waals surface area contributed by atoms with Crippen molar-refractivity contribution in [2.75, 3.05) is 20.3 Å². The molecular formula is C10H13N5O3. The van der Waals surface area contributed by atoms with Gasteiger partial charge in [-0.1, -0.05) is 0 Å². The third-order valence-corrected chi connectivity index (χ3v) is 2.29. The summed E-state index contributed by atoms with van der Waals surface area (Å²) >= 11 is 0. The molecule has 2 aromatic rings. The van der Waals surface area contributed by atoms with Gasteiger partial charge in [-0.05, 0) is 6.07 Å². The summed E-state index contributed by atoms with van der Waals surface area (Å²) in [6.07, 6.45) is 3.09. The molecule has 2 aromatic heterocycles. The maximum atomic E-state index is 11.8. The average Bonchev–Trinajstić information content (AvgIpc) is 2.67. The highest BCUT2D eigenvalue weighted by molar-refractivity contribution is 5.75. The van der Waals surface area contributed by atoms with Crippen LogP contribution in [0.15, 0.2) is 23.3 Å². The standard InChI is InChI=1S/C10H13N5O3/c1-18-6-4-11-8(16)7-15-10(17)14-5-2-3-12-9(14)13-15/h2-3,5H,4,6-7H2,1H3,(H,11,16). The van der Waals surface area contributed by atoms with Gasteiger partial charge in [0.1, 0.15) is 6.54 Å². The van der Waals surface area contributed by atoms with Crippen LogP contribution in [0.4, 0.5) is 0 Å². The van der Waals surface area contributed by atoms with Crippen molar-refractivity contribution in [3.8, 4) is 0 Å². The Bertz CT molecular complexity index is 603. The van der Waals surface area contributed by atoms with Crippen LogP contribution in [0.5, 0.6) is 0 Å². The Labute approximate surface area is 102 Å². The third kappa shape index (κ3) is 2.54. The second kappa shape index (κ2) is 5.41. The number of nitrogens with one attached hydrogen (secondary N) is 1. The highest BCUT2D eigenvalue weighted by atomic mass is 16.5. The molecule has 0 bridgehead atoms. The zero-order valence-corrected chi connectivity index (χ0v) is 9.87. The number of nitrogens with zero attached hydrogens (tertiary/aromatic N) is 4. The molecule has 0 fully saturated rings. The highest BCUT2D eigenvalue weighted by Gasteiger charge is 2.10. The molecule has 0 spiro atoms. The van der Waals surface area contributed by atoms with Gasteiger partial charge in [0.2, 0.25) is 5.91 Å². The molecule has 8 heteroatoms. The van der Waals surface area contributed by atoms with Gasteiger partial charge in [0.05, 0.1) is 6.61 Å². The molecule has 0 saturated heterocycles. The molecule has 2 rings (SSSR count). The van der Waals surface area contributed by atoms with E-state index in [-0.39, 0.29) is 23.9 Å². The molecular weight excluding hydrogens is 238 g/mol. The molecule has 0 aromatic carbocycles. The van der Waals surface area contributed by atoms with Crippen molar-refractivity contribution in [1.82, 2.24) is 24.5 Å². The first-order valence-corrected chi connectivity index (χ1v) is 5.38. The van der Waals surface area contributed by atoms with Gasteiger partial charge in [0.25, 0.3) is 5.78 Å². The van der Waals surface area contributed by atoms with E-state index in [1.165, 1.54) is 10.6 Å². The zero-order chi connectivity index (χ0) is 13.0. The smallest absolute Gasteiger partial charge is 0.352 e. The number of carbonyl (C=O) groups excluding carboxylic acids is 1. The minimum Gasteiger partial charge on any atom is -0.383 e. The van der Waals surface area contributed by atoms with Crippen LogP contribution in [0.3, 0.4) is 0 Å². The first kappa shape index (κ1) is 12.2. The number of methoxy groups -OCH3 is 1. The lowest BCUT2D eigenvalue weighted by molar-refractivity contribution is -0.122. The van der Waals surface area contributed by atoms with Gasteiger partial charge >= 0.3 is 5.69 Å². The van der Waals surface area contributed by atoms with Crippen LogP contribution in [0.1, 0.15) is 0 Å². The lowest BCUT2D eigenvalue weighted by Crippen LogP contribution is -2.34. The van der Waals surface area contributed by atoms with Gasteiger partial charge in [0, 0.05) is 26.0 Å². The van der Waals surface area contributed by atoms with Crippen molar-refractivity contribution >= 4 is 11.7 Å². The molecule has 0 radical (unpaired) electrons. The number of carbonyl (C=O) groups is 1. The van der Waals surface area contributed by atoms with Crippen molar-refractivity contribution < 1.29 is 9.53 Å². The van der Waals surface area contributed by atoms with E-state index in [1.807, 2.05) is 0 Å².